The van der Waals surface area contributed by atoms with Gasteiger partial charge in [-0.25, -0.2) is 13.8 Å². The maximum atomic E-state index is 13.1. The molecule has 0 radical (unpaired) electrons. The largest absolute Gasteiger partial charge is 0.381 e. The van der Waals surface area contributed by atoms with Crippen LogP contribution >= 0.6 is 0 Å². The van der Waals surface area contributed by atoms with E-state index in [1.165, 1.54) is 12.3 Å². The minimum absolute atomic E-state index is 0.0831. The van der Waals surface area contributed by atoms with Crippen molar-refractivity contribution >= 4 is 16.6 Å². The number of hydrogen-bond donors (Lipinski definition) is 0. The van der Waals surface area contributed by atoms with Crippen molar-refractivity contribution in [2.45, 2.75) is 32.1 Å². The van der Waals surface area contributed by atoms with Gasteiger partial charge in [-0.3, -0.25) is 14.4 Å². The lowest BCUT2D eigenvalue weighted by Gasteiger charge is -2.21. The van der Waals surface area contributed by atoms with E-state index in [4.69, 9.17) is 9.72 Å². The van der Waals surface area contributed by atoms with Crippen LogP contribution < -0.4 is 0 Å². The molecule has 5 rings (SSSR count). The second-order valence-electron chi connectivity index (χ2n) is 7.43. The third-order valence-corrected chi connectivity index (χ3v) is 5.60. The molecule has 0 unspecified atom stereocenters. The van der Waals surface area contributed by atoms with Crippen molar-refractivity contribution in [1.29, 1.82) is 0 Å². The molecule has 0 atom stereocenters. The van der Waals surface area contributed by atoms with E-state index in [-0.39, 0.29) is 5.56 Å². The van der Waals surface area contributed by atoms with Crippen molar-refractivity contribution in [3.63, 3.8) is 0 Å². The van der Waals surface area contributed by atoms with E-state index >= 15 is 0 Å². The van der Waals surface area contributed by atoms with E-state index in [0.717, 1.165) is 59.7 Å². The van der Waals surface area contributed by atoms with Crippen LogP contribution in [-0.2, 0) is 4.74 Å². The molecule has 148 valence electrons. The van der Waals surface area contributed by atoms with E-state index in [1.54, 1.807) is 6.20 Å². The number of benzene rings is 1. The summed E-state index contributed by atoms with van der Waals surface area (Å²) in [5.74, 6) is 1.34. The van der Waals surface area contributed by atoms with Gasteiger partial charge in [0.25, 0.3) is 6.43 Å². The first-order valence-corrected chi connectivity index (χ1v) is 9.71. The molecule has 7 heteroatoms. The second kappa shape index (κ2) is 7.15. The second-order valence-corrected chi connectivity index (χ2v) is 7.43. The molecule has 0 spiro atoms. The Labute approximate surface area is 166 Å². The van der Waals surface area contributed by atoms with Gasteiger partial charge in [-0.05, 0) is 43.5 Å². The maximum absolute atomic E-state index is 13.1. The fraction of sp³-hybridized carbons (Fsp3) is 0.318. The molecule has 0 saturated carbocycles. The number of pyridine rings is 1. The maximum Gasteiger partial charge on any atom is 0.265 e. The average Bonchev–Trinajstić information content (AvgIpc) is 3.11. The number of aromatic nitrogens is 4. The van der Waals surface area contributed by atoms with Crippen molar-refractivity contribution in [1.82, 2.24) is 19.4 Å². The molecular formula is C22H20F2N4O. The summed E-state index contributed by atoms with van der Waals surface area (Å²) in [6.07, 6.45) is 3.99. The van der Waals surface area contributed by atoms with Crippen molar-refractivity contribution in [2.75, 3.05) is 13.2 Å². The van der Waals surface area contributed by atoms with E-state index in [9.17, 15) is 8.78 Å². The summed E-state index contributed by atoms with van der Waals surface area (Å²) in [6.45, 7) is 3.46. The topological polar surface area (TPSA) is 52.3 Å². The summed E-state index contributed by atoms with van der Waals surface area (Å²) in [4.78, 5) is 13.4. The Morgan fingerprint density at radius 2 is 1.86 bits per heavy atom. The van der Waals surface area contributed by atoms with Crippen molar-refractivity contribution < 1.29 is 13.5 Å². The highest BCUT2D eigenvalue weighted by Gasteiger charge is 2.23. The number of fused-ring (bicyclic) bond motifs is 3. The lowest BCUT2D eigenvalue weighted by atomic mass is 9.99. The molecule has 0 N–H and O–H groups in total. The van der Waals surface area contributed by atoms with Crippen LogP contribution in [0.25, 0.3) is 27.7 Å². The van der Waals surface area contributed by atoms with Gasteiger partial charge in [0.2, 0.25) is 0 Å². The lowest BCUT2D eigenvalue weighted by molar-refractivity contribution is 0.0835. The summed E-state index contributed by atoms with van der Waals surface area (Å²) in [6, 6.07) is 7.30. The zero-order valence-corrected chi connectivity index (χ0v) is 16.0. The fourth-order valence-corrected chi connectivity index (χ4v) is 4.06. The van der Waals surface area contributed by atoms with E-state index in [2.05, 4.69) is 14.4 Å². The molecule has 1 saturated heterocycles. The fourth-order valence-electron chi connectivity index (χ4n) is 4.06. The van der Waals surface area contributed by atoms with Crippen LogP contribution in [0.15, 0.2) is 42.9 Å². The van der Waals surface area contributed by atoms with Gasteiger partial charge in [0.05, 0.1) is 28.4 Å². The van der Waals surface area contributed by atoms with E-state index < -0.39 is 6.43 Å². The highest BCUT2D eigenvalue weighted by molar-refractivity contribution is 5.84. The number of aryl methyl sites for hydroxylation is 1. The first kappa shape index (κ1) is 18.1. The minimum Gasteiger partial charge on any atom is -0.381 e. The highest BCUT2D eigenvalue weighted by atomic mass is 19.3. The standard InChI is InChI=1S/C22H20F2N4O/c1-13-20-12-26-18-3-2-15(16-8-17(21(23)24)11-25-10-16)9-19(18)28(20)22(27-13)14-4-6-29-7-5-14/h2-3,8-12,14,21H,4-7H2,1H3. The molecule has 0 bridgehead atoms. The van der Waals surface area contributed by atoms with Gasteiger partial charge < -0.3 is 4.74 Å². The molecule has 0 aliphatic carbocycles. The summed E-state index contributed by atoms with van der Waals surface area (Å²) in [7, 11) is 0. The number of hydrogen-bond acceptors (Lipinski definition) is 4. The van der Waals surface area contributed by atoms with Crippen LogP contribution in [0.3, 0.4) is 0 Å². The van der Waals surface area contributed by atoms with Gasteiger partial charge in [-0.1, -0.05) is 6.07 Å². The van der Waals surface area contributed by atoms with E-state index in [1.807, 2.05) is 31.3 Å². The quantitative estimate of drug-likeness (QED) is 0.486. The van der Waals surface area contributed by atoms with Crippen molar-refractivity contribution in [3.8, 4) is 11.1 Å². The molecule has 0 amide bonds. The number of rotatable bonds is 3. The molecule has 1 fully saturated rings. The molecular weight excluding hydrogens is 374 g/mol. The van der Waals surface area contributed by atoms with Crippen LogP contribution in [0, 0.1) is 6.92 Å². The number of alkyl halides is 2. The predicted octanol–water partition coefficient (Wildman–Crippen LogP) is 5.08. The lowest BCUT2D eigenvalue weighted by Crippen LogP contribution is -2.16. The van der Waals surface area contributed by atoms with Crippen LogP contribution in [0.4, 0.5) is 8.78 Å². The summed E-state index contributed by atoms with van der Waals surface area (Å²) >= 11 is 0. The molecule has 4 aromatic rings. The van der Waals surface area contributed by atoms with Gasteiger partial charge in [0, 0.05) is 42.7 Å². The Kier molecular flexibility index (Phi) is 4.47. The molecule has 1 aliphatic heterocycles. The molecule has 4 heterocycles. The van der Waals surface area contributed by atoms with Crippen molar-refractivity contribution in [2.24, 2.45) is 0 Å². The first-order chi connectivity index (χ1) is 14.1. The number of ether oxygens (including phenoxy) is 1. The SMILES string of the molecule is Cc1nc(C2CCOCC2)n2c1cnc1ccc(-c3cncc(C(F)F)c3)cc12. The zero-order chi connectivity index (χ0) is 20.0. The normalized spacial score (nSPS) is 15.6. The van der Waals surface area contributed by atoms with Gasteiger partial charge >= 0.3 is 0 Å². The van der Waals surface area contributed by atoms with Crippen LogP contribution in [0.5, 0.6) is 0 Å². The van der Waals surface area contributed by atoms with Gasteiger partial charge in [0.15, 0.2) is 0 Å². The Bertz CT molecular complexity index is 1200. The van der Waals surface area contributed by atoms with Gasteiger partial charge in [-0.15, -0.1) is 0 Å². The monoisotopic (exact) mass is 394 g/mol. The highest BCUT2D eigenvalue weighted by Crippen LogP contribution is 2.32. The Balaban J connectivity index is 1.72. The third-order valence-electron chi connectivity index (χ3n) is 5.60. The van der Waals surface area contributed by atoms with Gasteiger partial charge in [-0.2, -0.15) is 0 Å². The summed E-state index contributed by atoms with van der Waals surface area (Å²) < 4.78 is 33.9. The smallest absolute Gasteiger partial charge is 0.265 e. The van der Waals surface area contributed by atoms with Crippen LogP contribution in [0.1, 0.15) is 42.3 Å². The molecule has 1 aromatic carbocycles. The molecule has 5 nitrogen and oxygen atoms in total. The number of imidazole rings is 1. The number of nitrogens with zero attached hydrogens (tertiary/aromatic N) is 4. The molecule has 3 aromatic heterocycles. The Hall–Kier alpha value is -2.93. The average molecular weight is 394 g/mol. The number of halogens is 2. The predicted molar refractivity (Wildman–Crippen MR) is 106 cm³/mol. The van der Waals surface area contributed by atoms with E-state index in [0.29, 0.717) is 11.5 Å². The molecule has 1 aliphatic rings. The third kappa shape index (κ3) is 3.15. The summed E-state index contributed by atoms with van der Waals surface area (Å²) in [5, 5.41) is 0. The first-order valence-electron chi connectivity index (χ1n) is 9.71. The zero-order valence-electron chi connectivity index (χ0n) is 16.0. The van der Waals surface area contributed by atoms with Crippen LogP contribution in [-0.4, -0.2) is 32.6 Å². The van der Waals surface area contributed by atoms with Crippen LogP contribution in [0.2, 0.25) is 0 Å². The van der Waals surface area contributed by atoms with Crippen molar-refractivity contribution in [3.05, 3.63) is 59.9 Å². The Morgan fingerprint density at radius 3 is 2.66 bits per heavy atom. The molecule has 29 heavy (non-hydrogen) atoms. The minimum atomic E-state index is -2.55. The summed E-state index contributed by atoms with van der Waals surface area (Å²) in [5.41, 5.74) is 5.07. The Morgan fingerprint density at radius 1 is 1.03 bits per heavy atom. The van der Waals surface area contributed by atoms with Gasteiger partial charge in [0.1, 0.15) is 5.82 Å².